The van der Waals surface area contributed by atoms with Gasteiger partial charge in [0.05, 0.1) is 0 Å². The highest BCUT2D eigenvalue weighted by Gasteiger charge is 2.07. The summed E-state index contributed by atoms with van der Waals surface area (Å²) in [5.41, 5.74) is 1.37. The van der Waals surface area contributed by atoms with E-state index in [1.165, 1.54) is 18.2 Å². The number of carboxylic acid groups (broad SMARTS) is 1. The molecule has 0 atom stereocenters. The summed E-state index contributed by atoms with van der Waals surface area (Å²) >= 11 is 0. The summed E-state index contributed by atoms with van der Waals surface area (Å²) in [6.45, 7) is 1.63. The Labute approximate surface area is 112 Å². The van der Waals surface area contributed by atoms with E-state index in [1.807, 2.05) is 30.9 Å². The lowest BCUT2D eigenvalue weighted by molar-refractivity contribution is -0.131. The van der Waals surface area contributed by atoms with Gasteiger partial charge in [-0.15, -0.1) is 0 Å². The molecule has 0 spiro atoms. The van der Waals surface area contributed by atoms with Crippen LogP contribution in [0, 0.1) is 5.82 Å². The zero-order valence-corrected chi connectivity index (χ0v) is 11.4. The number of carboxylic acids is 1. The number of likely N-dealkylation sites (N-methyl/N-ethyl adjacent to an activating group) is 2. The summed E-state index contributed by atoms with van der Waals surface area (Å²) in [5.74, 6) is -1.43. The number of benzene rings is 1. The van der Waals surface area contributed by atoms with Crippen LogP contribution in [0.25, 0.3) is 6.08 Å². The minimum atomic E-state index is -1.05. The summed E-state index contributed by atoms with van der Waals surface area (Å²) in [6, 6.07) is 4.37. The molecule has 5 heteroatoms. The first-order valence-electron chi connectivity index (χ1n) is 5.96. The Morgan fingerprint density at radius 1 is 1.32 bits per heavy atom. The molecule has 0 saturated carbocycles. The van der Waals surface area contributed by atoms with E-state index in [0.717, 1.165) is 24.9 Å². The van der Waals surface area contributed by atoms with Gasteiger partial charge in [-0.2, -0.15) is 0 Å². The van der Waals surface area contributed by atoms with Crippen molar-refractivity contribution in [3.05, 3.63) is 35.7 Å². The van der Waals surface area contributed by atoms with Gasteiger partial charge >= 0.3 is 5.97 Å². The average molecular weight is 266 g/mol. The smallest absolute Gasteiger partial charge is 0.328 e. The van der Waals surface area contributed by atoms with Crippen LogP contribution in [0.1, 0.15) is 5.56 Å². The number of nitrogens with zero attached hydrogens (tertiary/aromatic N) is 2. The summed E-state index contributed by atoms with van der Waals surface area (Å²) in [7, 11) is 5.85. The molecule has 104 valence electrons. The van der Waals surface area contributed by atoms with Crippen LogP contribution >= 0.6 is 0 Å². The average Bonchev–Trinajstić information content (AvgIpc) is 2.33. The molecule has 0 amide bonds. The van der Waals surface area contributed by atoms with Crippen LogP contribution in [0.2, 0.25) is 0 Å². The number of carbonyl (C=O) groups is 1. The van der Waals surface area contributed by atoms with Gasteiger partial charge in [-0.25, -0.2) is 9.18 Å². The van der Waals surface area contributed by atoms with E-state index in [1.54, 1.807) is 6.07 Å². The second-order valence-electron chi connectivity index (χ2n) is 4.60. The van der Waals surface area contributed by atoms with E-state index in [4.69, 9.17) is 5.11 Å². The summed E-state index contributed by atoms with van der Waals surface area (Å²) in [5, 5.41) is 8.65. The fourth-order valence-corrected chi connectivity index (χ4v) is 1.64. The molecular formula is C14H19FN2O2. The van der Waals surface area contributed by atoms with Gasteiger partial charge in [-0.1, -0.05) is 0 Å². The zero-order valence-electron chi connectivity index (χ0n) is 11.4. The SMILES string of the molecule is CN(C)CCN(C)c1ccc(F)cc1C=CC(=O)O. The summed E-state index contributed by atoms with van der Waals surface area (Å²) in [6.07, 6.45) is 2.42. The van der Waals surface area contributed by atoms with Crippen molar-refractivity contribution in [2.45, 2.75) is 0 Å². The lowest BCUT2D eigenvalue weighted by Gasteiger charge is -2.23. The Hall–Kier alpha value is -1.88. The van der Waals surface area contributed by atoms with Crippen molar-refractivity contribution in [3.8, 4) is 0 Å². The number of hydrogen-bond donors (Lipinski definition) is 1. The topological polar surface area (TPSA) is 43.8 Å². The van der Waals surface area contributed by atoms with E-state index >= 15 is 0 Å². The third kappa shape index (κ3) is 5.09. The molecule has 0 bridgehead atoms. The van der Waals surface area contributed by atoms with E-state index in [-0.39, 0.29) is 5.82 Å². The normalized spacial score (nSPS) is 11.2. The standard InChI is InChI=1S/C14H19FN2O2/c1-16(2)8-9-17(3)13-6-5-12(15)10-11(13)4-7-14(18)19/h4-7,10H,8-9H2,1-3H3,(H,18,19). The molecule has 0 aliphatic heterocycles. The predicted molar refractivity (Wildman–Crippen MR) is 74.9 cm³/mol. The molecule has 0 fully saturated rings. The van der Waals surface area contributed by atoms with Crippen molar-refractivity contribution in [3.63, 3.8) is 0 Å². The largest absolute Gasteiger partial charge is 0.478 e. The summed E-state index contributed by atoms with van der Waals surface area (Å²) in [4.78, 5) is 14.6. The molecular weight excluding hydrogens is 247 g/mol. The number of halogens is 1. The minimum Gasteiger partial charge on any atom is -0.478 e. The highest BCUT2D eigenvalue weighted by molar-refractivity contribution is 5.87. The van der Waals surface area contributed by atoms with Crippen LogP contribution in [0.3, 0.4) is 0 Å². The highest BCUT2D eigenvalue weighted by atomic mass is 19.1. The number of aliphatic carboxylic acids is 1. The number of anilines is 1. The van der Waals surface area contributed by atoms with Crippen LogP contribution in [0.4, 0.5) is 10.1 Å². The van der Waals surface area contributed by atoms with Crippen LogP contribution in [0.5, 0.6) is 0 Å². The van der Waals surface area contributed by atoms with Gasteiger partial charge in [0.25, 0.3) is 0 Å². The maximum atomic E-state index is 13.2. The third-order valence-corrected chi connectivity index (χ3v) is 2.69. The van der Waals surface area contributed by atoms with Crippen molar-refractivity contribution in [2.24, 2.45) is 0 Å². The molecule has 0 unspecified atom stereocenters. The van der Waals surface area contributed by atoms with Crippen molar-refractivity contribution in [1.29, 1.82) is 0 Å². The first kappa shape index (κ1) is 15.2. The lowest BCUT2D eigenvalue weighted by atomic mass is 10.1. The van der Waals surface area contributed by atoms with Crippen LogP contribution in [-0.4, -0.2) is 50.2 Å². The Morgan fingerprint density at radius 3 is 2.58 bits per heavy atom. The predicted octanol–water partition coefficient (Wildman–Crippen LogP) is 1.92. The van der Waals surface area contributed by atoms with Crippen molar-refractivity contribution < 1.29 is 14.3 Å². The minimum absolute atomic E-state index is 0.380. The Kier molecular flexibility index (Phi) is 5.51. The lowest BCUT2D eigenvalue weighted by Crippen LogP contribution is -2.28. The van der Waals surface area contributed by atoms with Crippen molar-refractivity contribution in [1.82, 2.24) is 4.90 Å². The Bertz CT molecular complexity index is 473. The number of rotatable bonds is 6. The fraction of sp³-hybridized carbons (Fsp3) is 0.357. The quantitative estimate of drug-likeness (QED) is 0.799. The molecule has 19 heavy (non-hydrogen) atoms. The number of hydrogen-bond acceptors (Lipinski definition) is 3. The Balaban J connectivity index is 2.95. The zero-order chi connectivity index (χ0) is 14.4. The first-order valence-corrected chi connectivity index (χ1v) is 5.96. The molecule has 4 nitrogen and oxygen atoms in total. The van der Waals surface area contributed by atoms with E-state index in [2.05, 4.69) is 0 Å². The molecule has 0 radical (unpaired) electrons. The van der Waals surface area contributed by atoms with E-state index in [9.17, 15) is 9.18 Å². The van der Waals surface area contributed by atoms with Crippen LogP contribution in [-0.2, 0) is 4.79 Å². The molecule has 1 rings (SSSR count). The van der Waals surface area contributed by atoms with Crippen LogP contribution in [0.15, 0.2) is 24.3 Å². The second kappa shape index (κ2) is 6.89. The maximum absolute atomic E-state index is 13.2. The maximum Gasteiger partial charge on any atom is 0.328 e. The van der Waals surface area contributed by atoms with Gasteiger partial charge in [0.15, 0.2) is 0 Å². The van der Waals surface area contributed by atoms with Gasteiger partial charge in [0, 0.05) is 37.5 Å². The first-order chi connectivity index (χ1) is 8.90. The Morgan fingerprint density at radius 2 is 2.00 bits per heavy atom. The van der Waals surface area contributed by atoms with Crippen LogP contribution < -0.4 is 4.90 Å². The van der Waals surface area contributed by atoms with Gasteiger partial charge < -0.3 is 14.9 Å². The monoisotopic (exact) mass is 266 g/mol. The molecule has 1 N–H and O–H groups in total. The molecule has 0 saturated heterocycles. The van der Waals surface area contributed by atoms with Gasteiger partial charge in [-0.05, 0) is 38.4 Å². The van der Waals surface area contributed by atoms with E-state index < -0.39 is 5.97 Å². The molecule has 1 aromatic rings. The molecule has 0 heterocycles. The molecule has 0 aliphatic carbocycles. The molecule has 0 aromatic heterocycles. The van der Waals surface area contributed by atoms with E-state index in [0.29, 0.717) is 5.56 Å². The van der Waals surface area contributed by atoms with Gasteiger partial charge in [-0.3, -0.25) is 0 Å². The van der Waals surface area contributed by atoms with Gasteiger partial charge in [0.2, 0.25) is 0 Å². The fourth-order valence-electron chi connectivity index (χ4n) is 1.64. The molecule has 0 aliphatic rings. The third-order valence-electron chi connectivity index (χ3n) is 2.69. The van der Waals surface area contributed by atoms with Crippen molar-refractivity contribution in [2.75, 3.05) is 39.1 Å². The second-order valence-corrected chi connectivity index (χ2v) is 4.60. The molecule has 1 aromatic carbocycles. The highest BCUT2D eigenvalue weighted by Crippen LogP contribution is 2.22. The summed E-state index contributed by atoms with van der Waals surface area (Å²) < 4.78 is 13.2. The van der Waals surface area contributed by atoms with Crippen molar-refractivity contribution >= 4 is 17.7 Å². The van der Waals surface area contributed by atoms with Gasteiger partial charge in [0.1, 0.15) is 5.82 Å².